The van der Waals surface area contributed by atoms with Gasteiger partial charge in [0.15, 0.2) is 0 Å². The van der Waals surface area contributed by atoms with Gasteiger partial charge in [0.25, 0.3) is 0 Å². The summed E-state index contributed by atoms with van der Waals surface area (Å²) in [6.45, 7) is 10.2. The topological polar surface area (TPSA) is 56.2 Å². The summed E-state index contributed by atoms with van der Waals surface area (Å²) in [5.74, 6) is 1.46. The van der Waals surface area contributed by atoms with Crippen molar-refractivity contribution in [2.24, 2.45) is 5.92 Å². The fourth-order valence-electron chi connectivity index (χ4n) is 3.39. The van der Waals surface area contributed by atoms with Crippen LogP contribution in [0.2, 0.25) is 0 Å². The molecule has 0 aliphatic carbocycles. The quantitative estimate of drug-likeness (QED) is 0.717. The SMILES string of the molecule is CC(C)CN1CCN(Cc2cccc(OCCO)c2)CC1CCO. The van der Waals surface area contributed by atoms with Crippen molar-refractivity contribution in [1.82, 2.24) is 9.80 Å². The summed E-state index contributed by atoms with van der Waals surface area (Å²) in [6, 6.07) is 8.53. The number of ether oxygens (including phenoxy) is 1. The zero-order valence-electron chi connectivity index (χ0n) is 15.0. The molecule has 0 bridgehead atoms. The molecule has 5 heteroatoms. The summed E-state index contributed by atoms with van der Waals surface area (Å²) in [4.78, 5) is 4.99. The number of hydrogen-bond donors (Lipinski definition) is 2. The van der Waals surface area contributed by atoms with Crippen LogP contribution in [0, 0.1) is 5.92 Å². The van der Waals surface area contributed by atoms with Crippen molar-refractivity contribution in [2.45, 2.75) is 32.9 Å². The van der Waals surface area contributed by atoms with Gasteiger partial charge in [0.1, 0.15) is 12.4 Å². The highest BCUT2D eigenvalue weighted by atomic mass is 16.5. The molecular formula is C19H32N2O3. The molecule has 5 nitrogen and oxygen atoms in total. The van der Waals surface area contributed by atoms with Gasteiger partial charge in [-0.3, -0.25) is 9.80 Å². The molecule has 0 spiro atoms. The highest BCUT2D eigenvalue weighted by Crippen LogP contribution is 2.19. The third kappa shape index (κ3) is 6.06. The van der Waals surface area contributed by atoms with E-state index >= 15 is 0 Å². The van der Waals surface area contributed by atoms with E-state index in [9.17, 15) is 5.11 Å². The maximum atomic E-state index is 9.38. The first-order valence-corrected chi connectivity index (χ1v) is 9.02. The summed E-state index contributed by atoms with van der Waals surface area (Å²) in [5.41, 5.74) is 1.23. The normalized spacial score (nSPS) is 19.8. The van der Waals surface area contributed by atoms with Gasteiger partial charge in [-0.15, -0.1) is 0 Å². The van der Waals surface area contributed by atoms with Crippen LogP contribution in [0.3, 0.4) is 0 Å². The molecule has 0 aromatic heterocycles. The fraction of sp³-hybridized carbons (Fsp3) is 0.684. The summed E-state index contributed by atoms with van der Waals surface area (Å²) in [6.07, 6.45) is 0.836. The molecule has 0 saturated carbocycles. The van der Waals surface area contributed by atoms with Crippen LogP contribution in [0.1, 0.15) is 25.8 Å². The van der Waals surface area contributed by atoms with E-state index < -0.39 is 0 Å². The third-order valence-corrected chi connectivity index (χ3v) is 4.42. The second-order valence-corrected chi connectivity index (χ2v) is 7.01. The molecule has 1 heterocycles. The molecule has 1 fully saturated rings. The molecule has 0 amide bonds. The van der Waals surface area contributed by atoms with Crippen LogP contribution < -0.4 is 4.74 Å². The lowest BCUT2D eigenvalue weighted by molar-refractivity contribution is 0.0476. The number of aliphatic hydroxyl groups excluding tert-OH is 2. The van der Waals surface area contributed by atoms with Crippen LogP contribution in [0.25, 0.3) is 0 Å². The Hall–Kier alpha value is -1.14. The second-order valence-electron chi connectivity index (χ2n) is 7.01. The second kappa shape index (κ2) is 9.99. The summed E-state index contributed by atoms with van der Waals surface area (Å²) in [5, 5.41) is 18.2. The Labute approximate surface area is 145 Å². The van der Waals surface area contributed by atoms with Crippen molar-refractivity contribution in [2.75, 3.05) is 46.0 Å². The van der Waals surface area contributed by atoms with Crippen molar-refractivity contribution >= 4 is 0 Å². The number of piperazine rings is 1. The van der Waals surface area contributed by atoms with Crippen molar-refractivity contribution in [3.63, 3.8) is 0 Å². The van der Waals surface area contributed by atoms with Crippen molar-refractivity contribution in [1.29, 1.82) is 0 Å². The lowest BCUT2D eigenvalue weighted by Gasteiger charge is -2.42. The van der Waals surface area contributed by atoms with E-state index in [0.29, 0.717) is 18.6 Å². The maximum absolute atomic E-state index is 9.38. The van der Waals surface area contributed by atoms with Crippen LogP contribution in [-0.2, 0) is 6.54 Å². The number of rotatable bonds is 9. The highest BCUT2D eigenvalue weighted by Gasteiger charge is 2.26. The molecule has 2 rings (SSSR count). The van der Waals surface area contributed by atoms with Gasteiger partial charge in [0.2, 0.25) is 0 Å². The van der Waals surface area contributed by atoms with E-state index in [1.165, 1.54) is 5.56 Å². The van der Waals surface area contributed by atoms with E-state index in [2.05, 4.69) is 35.8 Å². The van der Waals surface area contributed by atoms with Crippen LogP contribution in [-0.4, -0.2) is 72.1 Å². The van der Waals surface area contributed by atoms with E-state index in [1.54, 1.807) is 0 Å². The van der Waals surface area contributed by atoms with Gasteiger partial charge in [0, 0.05) is 45.4 Å². The first-order valence-electron chi connectivity index (χ1n) is 9.02. The highest BCUT2D eigenvalue weighted by molar-refractivity contribution is 5.28. The minimum absolute atomic E-state index is 0.0326. The van der Waals surface area contributed by atoms with Crippen LogP contribution in [0.15, 0.2) is 24.3 Å². The Bertz CT molecular complexity index is 481. The fourth-order valence-corrected chi connectivity index (χ4v) is 3.39. The average molecular weight is 336 g/mol. The van der Waals surface area contributed by atoms with Gasteiger partial charge in [0.05, 0.1) is 6.61 Å². The number of hydrogen-bond acceptors (Lipinski definition) is 5. The van der Waals surface area contributed by atoms with E-state index in [0.717, 1.165) is 44.9 Å². The molecule has 1 unspecified atom stereocenters. The number of nitrogens with zero attached hydrogens (tertiary/aromatic N) is 2. The van der Waals surface area contributed by atoms with E-state index in [1.807, 2.05) is 12.1 Å². The van der Waals surface area contributed by atoms with Gasteiger partial charge in [-0.1, -0.05) is 26.0 Å². The predicted octanol–water partition coefficient (Wildman–Crippen LogP) is 1.58. The zero-order chi connectivity index (χ0) is 17.4. The molecule has 1 aliphatic rings. The Morgan fingerprint density at radius 3 is 2.75 bits per heavy atom. The monoisotopic (exact) mass is 336 g/mol. The molecule has 1 saturated heterocycles. The lowest BCUT2D eigenvalue weighted by atomic mass is 10.1. The minimum Gasteiger partial charge on any atom is -0.491 e. The van der Waals surface area contributed by atoms with Crippen LogP contribution >= 0.6 is 0 Å². The molecule has 136 valence electrons. The molecule has 24 heavy (non-hydrogen) atoms. The smallest absolute Gasteiger partial charge is 0.119 e. The number of benzene rings is 1. The third-order valence-electron chi connectivity index (χ3n) is 4.42. The molecule has 2 N–H and O–H groups in total. The van der Waals surface area contributed by atoms with Crippen LogP contribution in [0.4, 0.5) is 0 Å². The summed E-state index contributed by atoms with van der Waals surface area (Å²) >= 11 is 0. The molecule has 0 radical (unpaired) electrons. The maximum Gasteiger partial charge on any atom is 0.119 e. The van der Waals surface area contributed by atoms with E-state index in [4.69, 9.17) is 9.84 Å². The standard InChI is InChI=1S/C19H32N2O3/c1-16(2)13-21-8-7-20(15-18(21)6-9-22)14-17-4-3-5-19(12-17)24-11-10-23/h3-5,12,16,18,22-23H,6-11,13-15H2,1-2H3. The first kappa shape index (κ1) is 19.2. The van der Waals surface area contributed by atoms with E-state index in [-0.39, 0.29) is 13.2 Å². The summed E-state index contributed by atoms with van der Waals surface area (Å²) < 4.78 is 5.50. The van der Waals surface area contributed by atoms with Crippen molar-refractivity contribution < 1.29 is 14.9 Å². The molecule has 1 aromatic rings. The Kier molecular flexibility index (Phi) is 7.99. The Balaban J connectivity index is 1.93. The molecule has 1 aliphatic heterocycles. The first-order chi connectivity index (χ1) is 11.6. The van der Waals surface area contributed by atoms with Gasteiger partial charge in [-0.2, -0.15) is 0 Å². The van der Waals surface area contributed by atoms with Crippen molar-refractivity contribution in [3.05, 3.63) is 29.8 Å². The lowest BCUT2D eigenvalue weighted by Crippen LogP contribution is -2.53. The molecular weight excluding hydrogens is 304 g/mol. The van der Waals surface area contributed by atoms with Gasteiger partial charge in [-0.05, 0) is 30.0 Å². The van der Waals surface area contributed by atoms with Crippen molar-refractivity contribution in [3.8, 4) is 5.75 Å². The Morgan fingerprint density at radius 2 is 2.04 bits per heavy atom. The molecule has 1 aromatic carbocycles. The van der Waals surface area contributed by atoms with Gasteiger partial charge < -0.3 is 14.9 Å². The largest absolute Gasteiger partial charge is 0.491 e. The average Bonchev–Trinajstić information content (AvgIpc) is 2.55. The minimum atomic E-state index is 0.0326. The summed E-state index contributed by atoms with van der Waals surface area (Å²) in [7, 11) is 0. The molecule has 1 atom stereocenters. The van der Waals surface area contributed by atoms with Crippen LogP contribution in [0.5, 0.6) is 5.75 Å². The number of aliphatic hydroxyl groups is 2. The van der Waals surface area contributed by atoms with Gasteiger partial charge >= 0.3 is 0 Å². The van der Waals surface area contributed by atoms with Gasteiger partial charge in [-0.25, -0.2) is 0 Å². The zero-order valence-corrected chi connectivity index (χ0v) is 15.0. The predicted molar refractivity (Wildman–Crippen MR) is 96.2 cm³/mol. The Morgan fingerprint density at radius 1 is 1.21 bits per heavy atom.